The van der Waals surface area contributed by atoms with Crippen molar-refractivity contribution < 1.29 is 19.8 Å². The molecule has 0 saturated heterocycles. The van der Waals surface area contributed by atoms with Crippen LogP contribution in [0.3, 0.4) is 0 Å². The molecule has 2 rings (SSSR count). The van der Waals surface area contributed by atoms with Crippen molar-refractivity contribution in [2.45, 2.75) is 26.7 Å². The Morgan fingerprint density at radius 3 is 2.42 bits per heavy atom. The fourth-order valence-electron chi connectivity index (χ4n) is 2.50. The molecular weight excluding hydrogens is 248 g/mol. The Labute approximate surface area is 110 Å². The number of carbonyl (C=O) groups is 2. The second-order valence-corrected chi connectivity index (χ2v) is 5.51. The zero-order valence-corrected chi connectivity index (χ0v) is 10.8. The molecule has 1 aromatic rings. The maximum absolute atomic E-state index is 11.1. The van der Waals surface area contributed by atoms with Gasteiger partial charge in [-0.2, -0.15) is 5.01 Å². The van der Waals surface area contributed by atoms with E-state index in [0.717, 1.165) is 18.4 Å². The van der Waals surface area contributed by atoms with Gasteiger partial charge in [-0.05, 0) is 41.5 Å². The Morgan fingerprint density at radius 1 is 1.21 bits per heavy atom. The number of fused-ring (bicyclic) bond motifs is 1. The van der Waals surface area contributed by atoms with Crippen LogP contribution in [0.5, 0.6) is 0 Å². The molecule has 0 heterocycles. The summed E-state index contributed by atoms with van der Waals surface area (Å²) in [5.74, 6) is 0. The van der Waals surface area contributed by atoms with Gasteiger partial charge in [0.15, 0.2) is 0 Å². The second kappa shape index (κ2) is 4.46. The highest BCUT2D eigenvalue weighted by molar-refractivity contribution is 5.89. The largest absolute Gasteiger partial charge is 0.464 e. The average molecular weight is 264 g/mol. The summed E-state index contributed by atoms with van der Waals surface area (Å²) in [7, 11) is 0. The fraction of sp³-hybridized carbons (Fsp3) is 0.385. The second-order valence-electron chi connectivity index (χ2n) is 5.51. The highest BCUT2D eigenvalue weighted by Crippen LogP contribution is 2.37. The smallest absolute Gasteiger partial charge is 0.431 e. The van der Waals surface area contributed by atoms with Crippen molar-refractivity contribution in [2.24, 2.45) is 5.41 Å². The van der Waals surface area contributed by atoms with Crippen LogP contribution in [0.2, 0.25) is 0 Å². The molecular formula is C13H16N2O4. The number of amides is 2. The van der Waals surface area contributed by atoms with Crippen LogP contribution in [0.15, 0.2) is 18.2 Å². The first kappa shape index (κ1) is 13.2. The molecule has 0 unspecified atom stereocenters. The molecule has 102 valence electrons. The summed E-state index contributed by atoms with van der Waals surface area (Å²) in [6.45, 7) is 4.30. The van der Waals surface area contributed by atoms with Crippen LogP contribution in [-0.2, 0) is 12.8 Å². The van der Waals surface area contributed by atoms with Gasteiger partial charge in [-0.1, -0.05) is 19.9 Å². The number of hydrazine groups is 1. The molecule has 0 aromatic heterocycles. The fourth-order valence-corrected chi connectivity index (χ4v) is 2.50. The summed E-state index contributed by atoms with van der Waals surface area (Å²) in [6, 6.07) is 5.21. The Balaban J connectivity index is 2.32. The lowest BCUT2D eigenvalue weighted by atomic mass is 9.90. The molecule has 3 N–H and O–H groups in total. The zero-order chi connectivity index (χ0) is 14.2. The summed E-state index contributed by atoms with van der Waals surface area (Å²) >= 11 is 0. The first-order chi connectivity index (χ1) is 8.78. The minimum atomic E-state index is -1.41. The van der Waals surface area contributed by atoms with Crippen molar-refractivity contribution in [1.82, 2.24) is 5.43 Å². The van der Waals surface area contributed by atoms with Crippen LogP contribution < -0.4 is 10.4 Å². The molecule has 0 fully saturated rings. The lowest BCUT2D eigenvalue weighted by Gasteiger charge is -2.18. The molecule has 19 heavy (non-hydrogen) atoms. The average Bonchev–Trinajstić information content (AvgIpc) is 2.57. The zero-order valence-electron chi connectivity index (χ0n) is 10.8. The molecule has 0 spiro atoms. The van der Waals surface area contributed by atoms with Gasteiger partial charge in [0, 0.05) is 0 Å². The summed E-state index contributed by atoms with van der Waals surface area (Å²) in [6.07, 6.45) is -0.971. The minimum Gasteiger partial charge on any atom is -0.464 e. The van der Waals surface area contributed by atoms with E-state index in [0.29, 0.717) is 10.7 Å². The molecule has 1 aromatic carbocycles. The molecule has 6 heteroatoms. The molecule has 0 bridgehead atoms. The van der Waals surface area contributed by atoms with Crippen LogP contribution in [0.25, 0.3) is 0 Å². The lowest BCUT2D eigenvalue weighted by Crippen LogP contribution is -2.45. The van der Waals surface area contributed by atoms with Crippen LogP contribution in [0.1, 0.15) is 25.0 Å². The number of rotatable bonds is 1. The van der Waals surface area contributed by atoms with Crippen molar-refractivity contribution in [3.05, 3.63) is 29.3 Å². The first-order valence-electron chi connectivity index (χ1n) is 5.93. The van der Waals surface area contributed by atoms with Crippen LogP contribution >= 0.6 is 0 Å². The predicted octanol–water partition coefficient (Wildman–Crippen LogP) is 2.48. The third kappa shape index (κ3) is 2.78. The number of nitrogens with one attached hydrogen (secondary N) is 1. The standard InChI is InChI=1S/C13H16N2O4/c1-13(2)6-8-3-4-10(5-9(8)7-13)15(12(18)19)14-11(16)17/h3-5,14H,6-7H2,1-2H3,(H,16,17)(H,18,19). The highest BCUT2D eigenvalue weighted by Gasteiger charge is 2.29. The van der Waals surface area contributed by atoms with Gasteiger partial charge in [-0.3, -0.25) is 0 Å². The van der Waals surface area contributed by atoms with Gasteiger partial charge in [0.25, 0.3) is 0 Å². The Kier molecular flexibility index (Phi) is 3.09. The number of anilines is 1. The van der Waals surface area contributed by atoms with Crippen LogP contribution in [0, 0.1) is 5.41 Å². The number of nitrogens with zero attached hydrogens (tertiary/aromatic N) is 1. The topological polar surface area (TPSA) is 89.9 Å². The van der Waals surface area contributed by atoms with Crippen LogP contribution in [-0.4, -0.2) is 22.4 Å². The summed E-state index contributed by atoms with van der Waals surface area (Å²) in [4.78, 5) is 21.7. The highest BCUT2D eigenvalue weighted by atomic mass is 16.4. The van der Waals surface area contributed by atoms with Crippen molar-refractivity contribution in [3.8, 4) is 0 Å². The molecule has 6 nitrogen and oxygen atoms in total. The van der Waals surface area contributed by atoms with Gasteiger partial charge in [-0.15, -0.1) is 0 Å². The predicted molar refractivity (Wildman–Crippen MR) is 69.3 cm³/mol. The van der Waals surface area contributed by atoms with Crippen molar-refractivity contribution in [2.75, 3.05) is 5.01 Å². The molecule has 0 radical (unpaired) electrons. The van der Waals surface area contributed by atoms with E-state index in [2.05, 4.69) is 13.8 Å². The van der Waals surface area contributed by atoms with E-state index in [-0.39, 0.29) is 5.41 Å². The maximum atomic E-state index is 11.1. The van der Waals surface area contributed by atoms with E-state index in [1.165, 1.54) is 5.56 Å². The van der Waals surface area contributed by atoms with E-state index in [4.69, 9.17) is 10.2 Å². The Hall–Kier alpha value is -2.24. The monoisotopic (exact) mass is 264 g/mol. The number of carboxylic acid groups (broad SMARTS) is 2. The van der Waals surface area contributed by atoms with E-state index >= 15 is 0 Å². The maximum Gasteiger partial charge on any atom is 0.431 e. The summed E-state index contributed by atoms with van der Waals surface area (Å²) < 4.78 is 0. The van der Waals surface area contributed by atoms with Gasteiger partial charge in [0.05, 0.1) is 5.69 Å². The third-order valence-electron chi connectivity index (χ3n) is 3.18. The van der Waals surface area contributed by atoms with Crippen molar-refractivity contribution >= 4 is 17.9 Å². The van der Waals surface area contributed by atoms with E-state index in [1.54, 1.807) is 12.1 Å². The third-order valence-corrected chi connectivity index (χ3v) is 3.18. The van der Waals surface area contributed by atoms with Gasteiger partial charge in [0.2, 0.25) is 0 Å². The Morgan fingerprint density at radius 2 is 1.84 bits per heavy atom. The van der Waals surface area contributed by atoms with Gasteiger partial charge in [-0.25, -0.2) is 15.0 Å². The first-order valence-corrected chi connectivity index (χ1v) is 5.93. The van der Waals surface area contributed by atoms with Crippen molar-refractivity contribution in [1.29, 1.82) is 0 Å². The van der Waals surface area contributed by atoms with E-state index in [9.17, 15) is 9.59 Å². The molecule has 1 aliphatic rings. The molecule has 2 amide bonds. The number of hydrogen-bond donors (Lipinski definition) is 3. The van der Waals surface area contributed by atoms with Gasteiger partial charge in [0.1, 0.15) is 0 Å². The van der Waals surface area contributed by atoms with E-state index < -0.39 is 12.2 Å². The van der Waals surface area contributed by atoms with E-state index in [1.807, 2.05) is 11.5 Å². The van der Waals surface area contributed by atoms with Crippen LogP contribution in [0.4, 0.5) is 15.3 Å². The molecule has 1 aliphatic carbocycles. The number of hydrogen-bond acceptors (Lipinski definition) is 2. The molecule has 0 saturated carbocycles. The lowest BCUT2D eigenvalue weighted by molar-refractivity contribution is 0.181. The minimum absolute atomic E-state index is 0.162. The summed E-state index contributed by atoms with van der Waals surface area (Å²) in [5, 5.41) is 18.3. The van der Waals surface area contributed by atoms with Gasteiger partial charge < -0.3 is 10.2 Å². The summed E-state index contributed by atoms with van der Waals surface area (Å²) in [5.41, 5.74) is 4.59. The quantitative estimate of drug-likeness (QED) is 0.680. The normalized spacial score (nSPS) is 15.7. The number of benzene rings is 1. The molecule has 0 atom stereocenters. The van der Waals surface area contributed by atoms with Gasteiger partial charge >= 0.3 is 12.2 Å². The Bertz CT molecular complexity index is 539. The molecule has 0 aliphatic heterocycles. The SMILES string of the molecule is CC1(C)Cc2ccc(N(NC(=O)O)C(=O)O)cc2C1. The van der Waals surface area contributed by atoms with Crippen molar-refractivity contribution in [3.63, 3.8) is 0 Å².